The van der Waals surface area contributed by atoms with Gasteiger partial charge in [-0.15, -0.1) is 11.8 Å². The molecule has 142 valence electrons. The van der Waals surface area contributed by atoms with Crippen molar-refractivity contribution in [3.05, 3.63) is 46.9 Å². The first-order chi connectivity index (χ1) is 13.1. The fraction of sp³-hybridized carbons (Fsp3) is 0.450. The third kappa shape index (κ3) is 3.94. The van der Waals surface area contributed by atoms with E-state index in [-0.39, 0.29) is 5.91 Å². The number of nitrogens with zero attached hydrogens (tertiary/aromatic N) is 4. The van der Waals surface area contributed by atoms with Crippen molar-refractivity contribution in [2.75, 3.05) is 43.9 Å². The van der Waals surface area contributed by atoms with Gasteiger partial charge in [-0.05, 0) is 37.3 Å². The fourth-order valence-electron chi connectivity index (χ4n) is 3.75. The molecular formula is C20H25N5OS. The Bertz CT molecular complexity index is 831. The van der Waals surface area contributed by atoms with Crippen LogP contribution in [0.25, 0.3) is 0 Å². The molecule has 1 saturated heterocycles. The minimum Gasteiger partial charge on any atom is -0.354 e. The monoisotopic (exact) mass is 383 g/mol. The van der Waals surface area contributed by atoms with Crippen LogP contribution in [0.1, 0.15) is 27.4 Å². The van der Waals surface area contributed by atoms with E-state index < -0.39 is 0 Å². The summed E-state index contributed by atoms with van der Waals surface area (Å²) in [5, 5.41) is 2.88. The maximum Gasteiger partial charge on any atom is 0.270 e. The van der Waals surface area contributed by atoms with Crippen molar-refractivity contribution in [3.8, 4) is 0 Å². The van der Waals surface area contributed by atoms with Gasteiger partial charge < -0.3 is 10.2 Å². The molecule has 0 spiro atoms. The third-order valence-corrected chi connectivity index (χ3v) is 5.95. The maximum absolute atomic E-state index is 12.1. The lowest BCUT2D eigenvalue weighted by molar-refractivity contribution is 0.0940. The molecule has 2 aromatic rings. The van der Waals surface area contributed by atoms with Crippen LogP contribution in [-0.2, 0) is 13.0 Å². The zero-order valence-electron chi connectivity index (χ0n) is 15.9. The molecule has 2 aliphatic rings. The molecule has 0 bridgehead atoms. The zero-order valence-corrected chi connectivity index (χ0v) is 16.7. The lowest BCUT2D eigenvalue weighted by Gasteiger charge is -2.37. The number of anilines is 1. The Morgan fingerprint density at radius 3 is 2.56 bits per heavy atom. The SMILES string of the molecule is CSc1ccc(CN2CCN(c3nc(C)nc4c3CCNC4=O)CC2)cc1. The average Bonchev–Trinajstić information content (AvgIpc) is 2.69. The fourth-order valence-corrected chi connectivity index (χ4v) is 4.16. The molecule has 1 fully saturated rings. The molecule has 7 heteroatoms. The highest BCUT2D eigenvalue weighted by molar-refractivity contribution is 7.98. The molecule has 0 radical (unpaired) electrons. The highest BCUT2D eigenvalue weighted by atomic mass is 32.2. The van der Waals surface area contributed by atoms with E-state index in [0.29, 0.717) is 18.1 Å². The van der Waals surface area contributed by atoms with Gasteiger partial charge in [-0.1, -0.05) is 12.1 Å². The van der Waals surface area contributed by atoms with Crippen molar-refractivity contribution in [1.29, 1.82) is 0 Å². The van der Waals surface area contributed by atoms with Crippen LogP contribution in [0.15, 0.2) is 29.2 Å². The number of carbonyl (C=O) groups is 1. The van der Waals surface area contributed by atoms with Crippen LogP contribution in [0.3, 0.4) is 0 Å². The van der Waals surface area contributed by atoms with Crippen LogP contribution in [0.5, 0.6) is 0 Å². The molecule has 0 unspecified atom stereocenters. The topological polar surface area (TPSA) is 61.4 Å². The van der Waals surface area contributed by atoms with Crippen LogP contribution in [0.2, 0.25) is 0 Å². The predicted octanol–water partition coefficient (Wildman–Crippen LogP) is 2.12. The number of hydrogen-bond donors (Lipinski definition) is 1. The Labute approximate surface area is 164 Å². The lowest BCUT2D eigenvalue weighted by atomic mass is 10.1. The van der Waals surface area contributed by atoms with Crippen LogP contribution < -0.4 is 10.2 Å². The van der Waals surface area contributed by atoms with Crippen LogP contribution in [0.4, 0.5) is 5.82 Å². The Kier molecular flexibility index (Phi) is 5.31. The zero-order chi connectivity index (χ0) is 18.8. The van der Waals surface area contributed by atoms with Gasteiger partial charge in [0, 0.05) is 49.7 Å². The number of rotatable bonds is 4. The van der Waals surface area contributed by atoms with Gasteiger partial charge in [0.15, 0.2) is 0 Å². The largest absolute Gasteiger partial charge is 0.354 e. The van der Waals surface area contributed by atoms with E-state index in [0.717, 1.165) is 50.5 Å². The quantitative estimate of drug-likeness (QED) is 0.816. The van der Waals surface area contributed by atoms with Crippen molar-refractivity contribution >= 4 is 23.5 Å². The highest BCUT2D eigenvalue weighted by Crippen LogP contribution is 2.25. The van der Waals surface area contributed by atoms with Gasteiger partial charge in [-0.25, -0.2) is 9.97 Å². The number of nitrogens with one attached hydrogen (secondary N) is 1. The van der Waals surface area contributed by atoms with Crippen molar-refractivity contribution in [2.24, 2.45) is 0 Å². The number of aromatic nitrogens is 2. The summed E-state index contributed by atoms with van der Waals surface area (Å²) in [7, 11) is 0. The van der Waals surface area contributed by atoms with E-state index in [1.807, 2.05) is 6.92 Å². The molecule has 1 aromatic heterocycles. The second kappa shape index (κ2) is 7.86. The molecule has 1 aromatic carbocycles. The number of thioether (sulfide) groups is 1. The molecule has 0 saturated carbocycles. The molecule has 27 heavy (non-hydrogen) atoms. The Morgan fingerprint density at radius 1 is 1.11 bits per heavy atom. The van der Waals surface area contributed by atoms with Crippen LogP contribution in [0, 0.1) is 6.92 Å². The minimum absolute atomic E-state index is 0.0738. The van der Waals surface area contributed by atoms with Gasteiger partial charge in [0.25, 0.3) is 5.91 Å². The van der Waals surface area contributed by atoms with E-state index in [1.54, 1.807) is 11.8 Å². The predicted molar refractivity (Wildman–Crippen MR) is 109 cm³/mol. The molecule has 4 rings (SSSR count). The van der Waals surface area contributed by atoms with E-state index in [4.69, 9.17) is 0 Å². The van der Waals surface area contributed by atoms with E-state index in [9.17, 15) is 4.79 Å². The summed E-state index contributed by atoms with van der Waals surface area (Å²) >= 11 is 1.77. The molecular weight excluding hydrogens is 358 g/mol. The number of piperazine rings is 1. The van der Waals surface area contributed by atoms with Gasteiger partial charge in [0.2, 0.25) is 0 Å². The van der Waals surface area contributed by atoms with E-state index in [2.05, 4.69) is 55.6 Å². The molecule has 0 atom stereocenters. The third-order valence-electron chi connectivity index (χ3n) is 5.21. The van der Waals surface area contributed by atoms with Crippen molar-refractivity contribution in [3.63, 3.8) is 0 Å². The number of amides is 1. The second-order valence-electron chi connectivity index (χ2n) is 7.04. The molecule has 1 N–H and O–H groups in total. The summed E-state index contributed by atoms with van der Waals surface area (Å²) in [6, 6.07) is 8.83. The van der Waals surface area contributed by atoms with Crippen molar-refractivity contribution < 1.29 is 4.79 Å². The average molecular weight is 384 g/mol. The molecule has 1 amide bonds. The summed E-state index contributed by atoms with van der Waals surface area (Å²) < 4.78 is 0. The minimum atomic E-state index is -0.0738. The highest BCUT2D eigenvalue weighted by Gasteiger charge is 2.27. The summed E-state index contributed by atoms with van der Waals surface area (Å²) in [4.78, 5) is 27.3. The Morgan fingerprint density at radius 2 is 1.85 bits per heavy atom. The summed E-state index contributed by atoms with van der Waals surface area (Å²) in [5.74, 6) is 1.55. The number of carbonyl (C=O) groups excluding carboxylic acids is 1. The number of hydrogen-bond acceptors (Lipinski definition) is 6. The van der Waals surface area contributed by atoms with Crippen molar-refractivity contribution in [1.82, 2.24) is 20.2 Å². The van der Waals surface area contributed by atoms with Gasteiger partial charge >= 0.3 is 0 Å². The molecule has 3 heterocycles. The normalized spacial score (nSPS) is 17.6. The van der Waals surface area contributed by atoms with Gasteiger partial charge in [0.05, 0.1) is 0 Å². The maximum atomic E-state index is 12.1. The van der Waals surface area contributed by atoms with Gasteiger partial charge in [-0.2, -0.15) is 0 Å². The van der Waals surface area contributed by atoms with Gasteiger partial charge in [0.1, 0.15) is 17.3 Å². The summed E-state index contributed by atoms with van der Waals surface area (Å²) in [6.45, 7) is 7.34. The number of benzene rings is 1. The molecule has 2 aliphatic heterocycles. The summed E-state index contributed by atoms with van der Waals surface area (Å²) in [5.41, 5.74) is 2.92. The smallest absolute Gasteiger partial charge is 0.270 e. The number of aryl methyl sites for hydroxylation is 1. The number of fused-ring (bicyclic) bond motifs is 1. The Balaban J connectivity index is 1.44. The van der Waals surface area contributed by atoms with Crippen LogP contribution >= 0.6 is 11.8 Å². The first-order valence-electron chi connectivity index (χ1n) is 9.40. The molecule has 6 nitrogen and oxygen atoms in total. The standard InChI is InChI=1S/C20H25N5OS/c1-14-22-18-17(7-8-21-20(18)26)19(23-14)25-11-9-24(10-12-25)13-15-3-5-16(27-2)6-4-15/h3-6H,7-13H2,1-2H3,(H,21,26). The first kappa shape index (κ1) is 18.3. The first-order valence-corrected chi connectivity index (χ1v) is 10.6. The lowest BCUT2D eigenvalue weighted by Crippen LogP contribution is -2.47. The second-order valence-corrected chi connectivity index (χ2v) is 7.92. The van der Waals surface area contributed by atoms with Gasteiger partial charge in [-0.3, -0.25) is 9.69 Å². The van der Waals surface area contributed by atoms with E-state index in [1.165, 1.54) is 10.5 Å². The van der Waals surface area contributed by atoms with Crippen molar-refractivity contribution in [2.45, 2.75) is 24.8 Å². The molecule has 0 aliphatic carbocycles. The Hall–Kier alpha value is -2.12. The van der Waals surface area contributed by atoms with E-state index >= 15 is 0 Å². The van der Waals surface area contributed by atoms with Crippen LogP contribution in [-0.4, -0.2) is 59.8 Å². The summed E-state index contributed by atoms with van der Waals surface area (Å²) in [6.07, 6.45) is 2.91.